The van der Waals surface area contributed by atoms with Crippen molar-refractivity contribution in [2.45, 2.75) is 0 Å². The van der Waals surface area contributed by atoms with Gasteiger partial charge in [-0.1, -0.05) is 91.0 Å². The zero-order valence-electron chi connectivity index (χ0n) is 14.5. The highest BCUT2D eigenvalue weighted by molar-refractivity contribution is 6.15. The second kappa shape index (κ2) is 7.22. The maximum atomic E-state index is 13.1. The molecule has 0 radical (unpaired) electrons. The summed E-state index contributed by atoms with van der Waals surface area (Å²) >= 11 is 0. The molecular weight excluding hydrogens is 334 g/mol. The van der Waals surface area contributed by atoms with E-state index in [0.29, 0.717) is 22.6 Å². The third kappa shape index (κ3) is 3.33. The lowest BCUT2D eigenvalue weighted by molar-refractivity contribution is 0.103. The minimum absolute atomic E-state index is 0.177. The van der Waals surface area contributed by atoms with Crippen LogP contribution in [0.3, 0.4) is 0 Å². The van der Waals surface area contributed by atoms with Crippen LogP contribution in [0.1, 0.15) is 15.9 Å². The van der Waals surface area contributed by atoms with E-state index in [9.17, 15) is 4.79 Å². The Bertz CT molecular complexity index is 1080. The minimum atomic E-state index is -0.188. The van der Waals surface area contributed by atoms with E-state index in [4.69, 9.17) is 10.7 Å². The van der Waals surface area contributed by atoms with Crippen LogP contribution in [-0.4, -0.2) is 15.8 Å². The molecule has 4 nitrogen and oxygen atoms in total. The monoisotopic (exact) mass is 351 g/mol. The van der Waals surface area contributed by atoms with Crippen LogP contribution < -0.4 is 5.73 Å². The van der Waals surface area contributed by atoms with E-state index in [2.05, 4.69) is 4.98 Å². The first-order chi connectivity index (χ1) is 13.2. The molecule has 0 fully saturated rings. The summed E-state index contributed by atoms with van der Waals surface area (Å²) in [6.45, 7) is 0. The SMILES string of the molecule is Nc1nc(-c2ccccc2)nc(-c2ccccc2)c1C(=O)c1ccccc1. The summed E-state index contributed by atoms with van der Waals surface area (Å²) in [7, 11) is 0. The number of benzene rings is 3. The van der Waals surface area contributed by atoms with E-state index in [1.807, 2.05) is 78.9 Å². The quantitative estimate of drug-likeness (QED) is 0.545. The molecule has 0 aliphatic rings. The lowest BCUT2D eigenvalue weighted by atomic mass is 9.98. The molecule has 0 atom stereocenters. The van der Waals surface area contributed by atoms with Crippen molar-refractivity contribution in [1.82, 2.24) is 9.97 Å². The molecule has 4 heteroatoms. The van der Waals surface area contributed by atoms with Gasteiger partial charge in [0.1, 0.15) is 5.82 Å². The third-order valence-corrected chi connectivity index (χ3v) is 4.28. The van der Waals surface area contributed by atoms with Gasteiger partial charge >= 0.3 is 0 Å². The average molecular weight is 351 g/mol. The van der Waals surface area contributed by atoms with Crippen LogP contribution >= 0.6 is 0 Å². The Kier molecular flexibility index (Phi) is 4.45. The summed E-state index contributed by atoms with van der Waals surface area (Å²) < 4.78 is 0. The van der Waals surface area contributed by atoms with Crippen molar-refractivity contribution >= 4 is 11.6 Å². The number of anilines is 1. The van der Waals surface area contributed by atoms with Gasteiger partial charge in [0.15, 0.2) is 11.6 Å². The summed E-state index contributed by atoms with van der Waals surface area (Å²) in [5.41, 5.74) is 9.35. The molecular formula is C23H17N3O. The van der Waals surface area contributed by atoms with Crippen LogP contribution in [0.25, 0.3) is 22.6 Å². The van der Waals surface area contributed by atoms with E-state index >= 15 is 0 Å². The highest BCUT2D eigenvalue weighted by Gasteiger charge is 2.22. The van der Waals surface area contributed by atoms with Crippen molar-refractivity contribution in [2.75, 3.05) is 5.73 Å². The zero-order valence-corrected chi connectivity index (χ0v) is 14.5. The van der Waals surface area contributed by atoms with E-state index < -0.39 is 0 Å². The molecule has 0 unspecified atom stereocenters. The molecule has 0 bridgehead atoms. The van der Waals surface area contributed by atoms with Gasteiger partial charge in [-0.25, -0.2) is 9.97 Å². The molecule has 0 aliphatic heterocycles. The standard InChI is InChI=1S/C23H17N3O/c24-22-19(21(27)17-12-6-2-7-13-17)20(16-10-4-1-5-11-16)25-23(26-22)18-14-8-3-9-15-18/h1-15H,(H2,24,25,26). The molecule has 130 valence electrons. The number of nitrogen functional groups attached to an aromatic ring is 1. The Morgan fingerprint density at radius 1 is 0.667 bits per heavy atom. The third-order valence-electron chi connectivity index (χ3n) is 4.28. The van der Waals surface area contributed by atoms with Crippen LogP contribution in [0.2, 0.25) is 0 Å². The Hall–Kier alpha value is -3.79. The van der Waals surface area contributed by atoms with Crippen molar-refractivity contribution in [3.63, 3.8) is 0 Å². The Morgan fingerprint density at radius 2 is 1.19 bits per heavy atom. The van der Waals surface area contributed by atoms with Gasteiger partial charge < -0.3 is 5.73 Å². The molecule has 0 amide bonds. The van der Waals surface area contributed by atoms with Crippen LogP contribution in [-0.2, 0) is 0 Å². The van der Waals surface area contributed by atoms with Crippen molar-refractivity contribution in [3.8, 4) is 22.6 Å². The summed E-state index contributed by atoms with van der Waals surface area (Å²) in [6.07, 6.45) is 0. The molecule has 0 saturated heterocycles. The summed E-state index contributed by atoms with van der Waals surface area (Å²) in [4.78, 5) is 22.3. The maximum Gasteiger partial charge on any atom is 0.198 e. The van der Waals surface area contributed by atoms with Gasteiger partial charge in [0.25, 0.3) is 0 Å². The number of carbonyl (C=O) groups excluding carboxylic acids is 1. The van der Waals surface area contributed by atoms with Crippen molar-refractivity contribution in [3.05, 3.63) is 102 Å². The number of aromatic nitrogens is 2. The Labute approximate surface area is 157 Å². The summed E-state index contributed by atoms with van der Waals surface area (Å²) in [5, 5.41) is 0. The number of hydrogen-bond acceptors (Lipinski definition) is 4. The second-order valence-electron chi connectivity index (χ2n) is 6.08. The normalized spacial score (nSPS) is 10.5. The fraction of sp³-hybridized carbons (Fsp3) is 0. The second-order valence-corrected chi connectivity index (χ2v) is 6.08. The van der Waals surface area contributed by atoms with E-state index in [-0.39, 0.29) is 11.6 Å². The molecule has 0 aliphatic carbocycles. The van der Waals surface area contributed by atoms with Gasteiger partial charge in [0, 0.05) is 16.7 Å². The number of ketones is 1. The molecule has 1 aromatic heterocycles. The fourth-order valence-corrected chi connectivity index (χ4v) is 2.96. The van der Waals surface area contributed by atoms with Crippen molar-refractivity contribution in [2.24, 2.45) is 0 Å². The van der Waals surface area contributed by atoms with Crippen LogP contribution in [0.4, 0.5) is 5.82 Å². The predicted octanol–water partition coefficient (Wildman–Crippen LogP) is 4.62. The predicted molar refractivity (Wildman–Crippen MR) is 107 cm³/mol. The van der Waals surface area contributed by atoms with Crippen LogP contribution in [0.5, 0.6) is 0 Å². The molecule has 0 saturated carbocycles. The topological polar surface area (TPSA) is 68.9 Å². The first kappa shape index (κ1) is 16.7. The number of rotatable bonds is 4. The highest BCUT2D eigenvalue weighted by Crippen LogP contribution is 2.30. The average Bonchev–Trinajstić information content (AvgIpc) is 2.74. The number of nitrogens with two attached hydrogens (primary N) is 1. The highest BCUT2D eigenvalue weighted by atomic mass is 16.1. The first-order valence-corrected chi connectivity index (χ1v) is 8.62. The van der Waals surface area contributed by atoms with Gasteiger partial charge in [-0.05, 0) is 0 Å². The zero-order chi connectivity index (χ0) is 18.6. The van der Waals surface area contributed by atoms with Crippen LogP contribution in [0, 0.1) is 0 Å². The summed E-state index contributed by atoms with van der Waals surface area (Å²) in [6, 6.07) is 28.2. The largest absolute Gasteiger partial charge is 0.383 e. The number of carbonyl (C=O) groups is 1. The maximum absolute atomic E-state index is 13.1. The molecule has 27 heavy (non-hydrogen) atoms. The molecule has 4 rings (SSSR count). The lowest BCUT2D eigenvalue weighted by Crippen LogP contribution is -2.12. The fourth-order valence-electron chi connectivity index (χ4n) is 2.96. The molecule has 4 aromatic rings. The molecule has 0 spiro atoms. The van der Waals surface area contributed by atoms with Gasteiger partial charge in [-0.3, -0.25) is 4.79 Å². The van der Waals surface area contributed by atoms with Crippen molar-refractivity contribution < 1.29 is 4.79 Å². The van der Waals surface area contributed by atoms with Gasteiger partial charge in [0.2, 0.25) is 0 Å². The van der Waals surface area contributed by atoms with Crippen molar-refractivity contribution in [1.29, 1.82) is 0 Å². The Balaban J connectivity index is 1.94. The molecule has 2 N–H and O–H groups in total. The smallest absolute Gasteiger partial charge is 0.198 e. The van der Waals surface area contributed by atoms with E-state index in [1.165, 1.54) is 0 Å². The van der Waals surface area contributed by atoms with Crippen LogP contribution in [0.15, 0.2) is 91.0 Å². The number of nitrogens with zero attached hydrogens (tertiary/aromatic N) is 2. The molecule has 3 aromatic carbocycles. The van der Waals surface area contributed by atoms with E-state index in [0.717, 1.165) is 11.1 Å². The van der Waals surface area contributed by atoms with Gasteiger partial charge in [-0.15, -0.1) is 0 Å². The Morgan fingerprint density at radius 3 is 1.78 bits per heavy atom. The number of hydrogen-bond donors (Lipinski definition) is 1. The summed E-state index contributed by atoms with van der Waals surface area (Å²) in [5.74, 6) is 0.486. The first-order valence-electron chi connectivity index (χ1n) is 8.62. The van der Waals surface area contributed by atoms with Gasteiger partial charge in [0.05, 0.1) is 11.3 Å². The minimum Gasteiger partial charge on any atom is -0.383 e. The van der Waals surface area contributed by atoms with E-state index in [1.54, 1.807) is 12.1 Å². The molecule has 1 heterocycles. The van der Waals surface area contributed by atoms with Gasteiger partial charge in [-0.2, -0.15) is 0 Å². The lowest BCUT2D eigenvalue weighted by Gasteiger charge is -2.13.